The molecule has 0 radical (unpaired) electrons. The standard InChI is InChI=1S/C21H26N4O3/c1-4-22-20(27)16-6-5-7-18(12-16)23-13-19(26)25-17-10-8-15(9-11-17)21(28)24-14(2)3/h5-12,14,23H,4,13H2,1-3H3,(H,22,27)(H,24,28)(H,25,26). The second-order valence-corrected chi connectivity index (χ2v) is 6.55. The molecule has 0 aromatic heterocycles. The summed E-state index contributed by atoms with van der Waals surface area (Å²) in [6.07, 6.45) is 0. The van der Waals surface area contributed by atoms with Crippen molar-refractivity contribution in [1.29, 1.82) is 0 Å². The quantitative estimate of drug-likeness (QED) is 0.564. The maximum Gasteiger partial charge on any atom is 0.251 e. The van der Waals surface area contributed by atoms with Crippen molar-refractivity contribution in [3.05, 3.63) is 59.7 Å². The first-order valence-electron chi connectivity index (χ1n) is 9.22. The normalized spacial score (nSPS) is 10.3. The Morgan fingerprint density at radius 3 is 2.25 bits per heavy atom. The van der Waals surface area contributed by atoms with Gasteiger partial charge in [-0.25, -0.2) is 0 Å². The highest BCUT2D eigenvalue weighted by atomic mass is 16.2. The Kier molecular flexibility index (Phi) is 7.56. The topological polar surface area (TPSA) is 99.3 Å². The van der Waals surface area contributed by atoms with Gasteiger partial charge in [-0.05, 0) is 63.2 Å². The zero-order chi connectivity index (χ0) is 20.5. The van der Waals surface area contributed by atoms with Gasteiger partial charge in [0.1, 0.15) is 0 Å². The maximum atomic E-state index is 12.1. The van der Waals surface area contributed by atoms with Gasteiger partial charge in [0, 0.05) is 35.1 Å². The van der Waals surface area contributed by atoms with Crippen LogP contribution in [0.2, 0.25) is 0 Å². The van der Waals surface area contributed by atoms with Crippen LogP contribution >= 0.6 is 0 Å². The molecule has 148 valence electrons. The summed E-state index contributed by atoms with van der Waals surface area (Å²) in [6, 6.07) is 13.7. The third-order valence-electron chi connectivity index (χ3n) is 3.77. The van der Waals surface area contributed by atoms with Crippen molar-refractivity contribution in [3.8, 4) is 0 Å². The third-order valence-corrected chi connectivity index (χ3v) is 3.77. The van der Waals surface area contributed by atoms with Crippen molar-refractivity contribution in [2.24, 2.45) is 0 Å². The minimum absolute atomic E-state index is 0.0500. The fourth-order valence-corrected chi connectivity index (χ4v) is 2.47. The Hall–Kier alpha value is -3.35. The number of carbonyl (C=O) groups is 3. The number of hydrogen-bond acceptors (Lipinski definition) is 4. The summed E-state index contributed by atoms with van der Waals surface area (Å²) in [4.78, 5) is 35.9. The van der Waals surface area contributed by atoms with Crippen LogP contribution in [0.15, 0.2) is 48.5 Å². The smallest absolute Gasteiger partial charge is 0.251 e. The SMILES string of the molecule is CCNC(=O)c1cccc(NCC(=O)Nc2ccc(C(=O)NC(C)C)cc2)c1. The molecule has 0 saturated carbocycles. The van der Waals surface area contributed by atoms with E-state index in [0.717, 1.165) is 0 Å². The Bertz CT molecular complexity index is 832. The molecule has 0 spiro atoms. The molecule has 3 amide bonds. The highest BCUT2D eigenvalue weighted by Gasteiger charge is 2.09. The number of carbonyl (C=O) groups excluding carboxylic acids is 3. The molecule has 7 heteroatoms. The van der Waals surface area contributed by atoms with Gasteiger partial charge < -0.3 is 21.3 Å². The molecule has 0 unspecified atom stereocenters. The first kappa shape index (κ1) is 21.0. The molecule has 0 atom stereocenters. The van der Waals surface area contributed by atoms with Crippen LogP contribution in [0.25, 0.3) is 0 Å². The van der Waals surface area contributed by atoms with Crippen LogP contribution in [-0.2, 0) is 4.79 Å². The van der Waals surface area contributed by atoms with Crippen LogP contribution in [0.4, 0.5) is 11.4 Å². The van der Waals surface area contributed by atoms with Crippen molar-refractivity contribution in [2.45, 2.75) is 26.8 Å². The molecule has 0 heterocycles. The predicted molar refractivity (Wildman–Crippen MR) is 111 cm³/mol. The average Bonchev–Trinajstić information content (AvgIpc) is 2.67. The van der Waals surface area contributed by atoms with Gasteiger partial charge in [-0.15, -0.1) is 0 Å². The summed E-state index contributed by atoms with van der Waals surface area (Å²) in [7, 11) is 0. The van der Waals surface area contributed by atoms with Crippen LogP contribution in [0.1, 0.15) is 41.5 Å². The van der Waals surface area contributed by atoms with Crippen molar-refractivity contribution >= 4 is 29.1 Å². The molecule has 0 bridgehead atoms. The van der Waals surface area contributed by atoms with Gasteiger partial charge in [-0.2, -0.15) is 0 Å². The molecular weight excluding hydrogens is 356 g/mol. The summed E-state index contributed by atoms with van der Waals surface area (Å²) in [5.74, 6) is -0.540. The summed E-state index contributed by atoms with van der Waals surface area (Å²) < 4.78 is 0. The van der Waals surface area contributed by atoms with Gasteiger partial charge >= 0.3 is 0 Å². The van der Waals surface area contributed by atoms with E-state index >= 15 is 0 Å². The molecule has 7 nitrogen and oxygen atoms in total. The number of nitrogens with one attached hydrogen (secondary N) is 4. The lowest BCUT2D eigenvalue weighted by atomic mass is 10.2. The number of amides is 3. The van der Waals surface area contributed by atoms with Crippen molar-refractivity contribution in [3.63, 3.8) is 0 Å². The van der Waals surface area contributed by atoms with E-state index in [-0.39, 0.29) is 30.3 Å². The third kappa shape index (κ3) is 6.42. The van der Waals surface area contributed by atoms with Gasteiger partial charge in [0.2, 0.25) is 5.91 Å². The average molecular weight is 382 g/mol. The fraction of sp³-hybridized carbons (Fsp3) is 0.286. The van der Waals surface area contributed by atoms with Crippen LogP contribution in [0.3, 0.4) is 0 Å². The second kappa shape index (κ2) is 10.1. The minimum Gasteiger partial charge on any atom is -0.376 e. The van der Waals surface area contributed by atoms with Crippen LogP contribution < -0.4 is 21.3 Å². The van der Waals surface area contributed by atoms with E-state index in [4.69, 9.17) is 0 Å². The largest absolute Gasteiger partial charge is 0.376 e. The van der Waals surface area contributed by atoms with Crippen molar-refractivity contribution < 1.29 is 14.4 Å². The molecule has 0 aliphatic heterocycles. The molecule has 28 heavy (non-hydrogen) atoms. The Morgan fingerprint density at radius 2 is 1.61 bits per heavy atom. The first-order valence-corrected chi connectivity index (χ1v) is 9.22. The van der Waals surface area contributed by atoms with Gasteiger partial charge in [-0.1, -0.05) is 6.07 Å². The van der Waals surface area contributed by atoms with E-state index in [1.54, 1.807) is 48.5 Å². The van der Waals surface area contributed by atoms with Crippen molar-refractivity contribution in [1.82, 2.24) is 10.6 Å². The minimum atomic E-state index is -0.234. The van der Waals surface area contributed by atoms with Gasteiger partial charge in [0.05, 0.1) is 6.54 Å². The van der Waals surface area contributed by atoms with E-state index in [1.807, 2.05) is 20.8 Å². The predicted octanol–water partition coefficient (Wildman–Crippen LogP) is 2.63. The van der Waals surface area contributed by atoms with Gasteiger partial charge in [-0.3, -0.25) is 14.4 Å². The van der Waals surface area contributed by atoms with Crippen LogP contribution in [0.5, 0.6) is 0 Å². The first-order chi connectivity index (χ1) is 13.4. The van der Waals surface area contributed by atoms with Gasteiger partial charge in [0.15, 0.2) is 0 Å². The van der Waals surface area contributed by atoms with E-state index in [2.05, 4.69) is 21.3 Å². The molecule has 0 aliphatic rings. The molecule has 0 fully saturated rings. The number of rotatable bonds is 8. The Balaban J connectivity index is 1.88. The Labute approximate surface area is 164 Å². The number of hydrogen-bond donors (Lipinski definition) is 4. The lowest BCUT2D eigenvalue weighted by molar-refractivity contribution is -0.114. The summed E-state index contributed by atoms with van der Waals surface area (Å²) in [5, 5.41) is 11.3. The van der Waals surface area contributed by atoms with Crippen LogP contribution in [-0.4, -0.2) is 36.9 Å². The zero-order valence-corrected chi connectivity index (χ0v) is 16.3. The highest BCUT2D eigenvalue weighted by Crippen LogP contribution is 2.12. The maximum absolute atomic E-state index is 12.1. The number of anilines is 2. The monoisotopic (exact) mass is 382 g/mol. The zero-order valence-electron chi connectivity index (χ0n) is 16.3. The van der Waals surface area contributed by atoms with Gasteiger partial charge in [0.25, 0.3) is 11.8 Å². The van der Waals surface area contributed by atoms with E-state index < -0.39 is 0 Å². The van der Waals surface area contributed by atoms with E-state index in [0.29, 0.717) is 29.0 Å². The summed E-state index contributed by atoms with van der Waals surface area (Å²) in [6.45, 7) is 6.25. The molecule has 2 aromatic rings. The molecule has 2 rings (SSSR count). The fourth-order valence-electron chi connectivity index (χ4n) is 2.47. The molecule has 0 aliphatic carbocycles. The van der Waals surface area contributed by atoms with Crippen molar-refractivity contribution in [2.75, 3.05) is 23.7 Å². The molecule has 4 N–H and O–H groups in total. The highest BCUT2D eigenvalue weighted by molar-refractivity contribution is 5.97. The molecule has 2 aromatic carbocycles. The summed E-state index contributed by atoms with van der Waals surface area (Å²) >= 11 is 0. The van der Waals surface area contributed by atoms with E-state index in [1.165, 1.54) is 0 Å². The number of benzene rings is 2. The lowest BCUT2D eigenvalue weighted by Gasteiger charge is -2.11. The molecular formula is C21H26N4O3. The van der Waals surface area contributed by atoms with E-state index in [9.17, 15) is 14.4 Å². The van der Waals surface area contributed by atoms with Crippen LogP contribution in [0, 0.1) is 0 Å². The molecule has 0 saturated heterocycles. The summed E-state index contributed by atoms with van der Waals surface area (Å²) in [5.41, 5.74) is 2.35. The Morgan fingerprint density at radius 1 is 0.893 bits per heavy atom. The lowest BCUT2D eigenvalue weighted by Crippen LogP contribution is -2.30. The second-order valence-electron chi connectivity index (χ2n) is 6.55.